The number of hydrogen-bond donors (Lipinski definition) is 2. The minimum Gasteiger partial charge on any atom is -0.481 e. The molecule has 0 bridgehead atoms. The van der Waals surface area contributed by atoms with Crippen LogP contribution in [-0.4, -0.2) is 54.4 Å². The summed E-state index contributed by atoms with van der Waals surface area (Å²) in [6.45, 7) is 7.59. The third kappa shape index (κ3) is 3.85. The number of rotatable bonds is 6. The number of aliphatic carboxylic acids is 1. The van der Waals surface area contributed by atoms with Gasteiger partial charge in [0, 0.05) is 32.3 Å². The Morgan fingerprint density at radius 3 is 2.40 bits per heavy atom. The summed E-state index contributed by atoms with van der Waals surface area (Å²) < 4.78 is 5.22. The van der Waals surface area contributed by atoms with Crippen molar-refractivity contribution in [1.29, 1.82) is 0 Å². The van der Waals surface area contributed by atoms with E-state index in [-0.39, 0.29) is 18.6 Å². The van der Waals surface area contributed by atoms with Gasteiger partial charge in [0.25, 0.3) is 0 Å². The smallest absolute Gasteiger partial charge is 0.317 e. The number of carbonyl (C=O) groups is 2. The van der Waals surface area contributed by atoms with Crippen LogP contribution in [0.2, 0.25) is 0 Å². The van der Waals surface area contributed by atoms with E-state index in [0.717, 1.165) is 6.42 Å². The fourth-order valence-corrected chi connectivity index (χ4v) is 2.45. The Labute approximate surface area is 120 Å². The van der Waals surface area contributed by atoms with Crippen molar-refractivity contribution in [1.82, 2.24) is 10.2 Å². The fourth-order valence-electron chi connectivity index (χ4n) is 2.45. The van der Waals surface area contributed by atoms with Crippen LogP contribution in [0.15, 0.2) is 0 Å². The minimum absolute atomic E-state index is 0.149. The molecule has 1 aliphatic heterocycles. The first-order chi connectivity index (χ1) is 9.46. The van der Waals surface area contributed by atoms with Crippen LogP contribution >= 0.6 is 0 Å². The Balaban J connectivity index is 2.63. The average molecular weight is 286 g/mol. The van der Waals surface area contributed by atoms with Gasteiger partial charge in [0.15, 0.2) is 0 Å². The summed E-state index contributed by atoms with van der Waals surface area (Å²) in [5, 5.41) is 12.2. The summed E-state index contributed by atoms with van der Waals surface area (Å²) in [6, 6.07) is -0.0376. The summed E-state index contributed by atoms with van der Waals surface area (Å²) >= 11 is 0. The Morgan fingerprint density at radius 2 is 1.95 bits per heavy atom. The lowest BCUT2D eigenvalue weighted by Crippen LogP contribution is -2.51. The summed E-state index contributed by atoms with van der Waals surface area (Å²) in [6.07, 6.45) is 1.76. The van der Waals surface area contributed by atoms with Crippen LogP contribution in [0.5, 0.6) is 0 Å². The zero-order valence-electron chi connectivity index (χ0n) is 12.6. The lowest BCUT2D eigenvalue weighted by Gasteiger charge is -2.34. The lowest BCUT2D eigenvalue weighted by molar-refractivity contribution is -0.154. The van der Waals surface area contributed by atoms with Gasteiger partial charge in [0.2, 0.25) is 0 Å². The van der Waals surface area contributed by atoms with Crippen LogP contribution in [0.25, 0.3) is 0 Å². The van der Waals surface area contributed by atoms with E-state index < -0.39 is 11.4 Å². The highest BCUT2D eigenvalue weighted by Crippen LogP contribution is 2.30. The maximum atomic E-state index is 12.2. The number of hydrogen-bond acceptors (Lipinski definition) is 3. The van der Waals surface area contributed by atoms with Gasteiger partial charge in [-0.05, 0) is 33.1 Å². The Bertz CT molecular complexity index is 340. The van der Waals surface area contributed by atoms with Gasteiger partial charge in [-0.25, -0.2) is 4.79 Å². The van der Waals surface area contributed by atoms with Gasteiger partial charge < -0.3 is 20.1 Å². The molecule has 1 unspecified atom stereocenters. The predicted molar refractivity (Wildman–Crippen MR) is 75.7 cm³/mol. The van der Waals surface area contributed by atoms with Crippen molar-refractivity contribution in [3.05, 3.63) is 0 Å². The van der Waals surface area contributed by atoms with E-state index in [1.807, 2.05) is 20.8 Å². The number of ether oxygens (including phenoxy) is 1. The van der Waals surface area contributed by atoms with Crippen LogP contribution < -0.4 is 5.32 Å². The number of carboxylic acid groups (broad SMARTS) is 1. The first kappa shape index (κ1) is 16.8. The van der Waals surface area contributed by atoms with Gasteiger partial charge >= 0.3 is 12.0 Å². The Hall–Kier alpha value is -1.30. The molecule has 2 N–H and O–H groups in total. The molecule has 1 heterocycles. The predicted octanol–water partition coefficient (Wildman–Crippen LogP) is 1.70. The van der Waals surface area contributed by atoms with Crippen LogP contribution in [-0.2, 0) is 9.53 Å². The van der Waals surface area contributed by atoms with Gasteiger partial charge in [0.1, 0.15) is 0 Å². The number of amides is 2. The maximum Gasteiger partial charge on any atom is 0.317 e. The van der Waals surface area contributed by atoms with Crippen LogP contribution in [0.1, 0.15) is 40.0 Å². The van der Waals surface area contributed by atoms with E-state index in [9.17, 15) is 14.7 Å². The van der Waals surface area contributed by atoms with Crippen LogP contribution in [0.3, 0.4) is 0 Å². The molecule has 1 aliphatic rings. The first-order valence-electron chi connectivity index (χ1n) is 7.32. The molecule has 0 aliphatic carbocycles. The van der Waals surface area contributed by atoms with E-state index in [1.54, 1.807) is 4.90 Å². The van der Waals surface area contributed by atoms with Gasteiger partial charge in [-0.15, -0.1) is 0 Å². The zero-order chi connectivity index (χ0) is 15.2. The molecule has 0 spiro atoms. The largest absolute Gasteiger partial charge is 0.481 e. The molecule has 2 amide bonds. The monoisotopic (exact) mass is 286 g/mol. The SMILES string of the molecule is CCC(C)N(CC)C(=O)NCC1(C(=O)O)CCOCC1. The third-order valence-corrected chi connectivity index (χ3v) is 4.21. The molecule has 1 atom stereocenters. The highest BCUT2D eigenvalue weighted by Gasteiger charge is 2.40. The molecule has 6 heteroatoms. The van der Waals surface area contributed by atoms with Gasteiger partial charge in [0.05, 0.1) is 5.41 Å². The highest BCUT2D eigenvalue weighted by atomic mass is 16.5. The topological polar surface area (TPSA) is 78.9 Å². The van der Waals surface area contributed by atoms with Crippen molar-refractivity contribution in [2.75, 3.05) is 26.3 Å². The van der Waals surface area contributed by atoms with Gasteiger partial charge in [-0.3, -0.25) is 4.79 Å². The van der Waals surface area contributed by atoms with Crippen molar-refractivity contribution in [3.8, 4) is 0 Å². The molecule has 1 fully saturated rings. The van der Waals surface area contributed by atoms with Crippen molar-refractivity contribution in [2.45, 2.75) is 46.1 Å². The third-order valence-electron chi connectivity index (χ3n) is 4.21. The van der Waals surface area contributed by atoms with Crippen molar-refractivity contribution >= 4 is 12.0 Å². The fraction of sp³-hybridized carbons (Fsp3) is 0.857. The molecule has 1 rings (SSSR count). The Morgan fingerprint density at radius 1 is 1.35 bits per heavy atom. The van der Waals surface area contributed by atoms with Crippen molar-refractivity contribution in [2.24, 2.45) is 5.41 Å². The summed E-state index contributed by atoms with van der Waals surface area (Å²) in [7, 11) is 0. The van der Waals surface area contributed by atoms with Gasteiger partial charge in [-0.2, -0.15) is 0 Å². The lowest BCUT2D eigenvalue weighted by atomic mass is 9.80. The molecule has 6 nitrogen and oxygen atoms in total. The quantitative estimate of drug-likeness (QED) is 0.779. The number of nitrogens with one attached hydrogen (secondary N) is 1. The molecular formula is C14H26N2O4. The highest BCUT2D eigenvalue weighted by molar-refractivity contribution is 5.78. The molecule has 1 saturated heterocycles. The van der Waals surface area contributed by atoms with E-state index >= 15 is 0 Å². The van der Waals surface area contributed by atoms with Crippen LogP contribution in [0, 0.1) is 5.41 Å². The molecule has 116 valence electrons. The van der Waals surface area contributed by atoms with E-state index in [4.69, 9.17) is 4.74 Å². The second-order valence-corrected chi connectivity index (χ2v) is 5.40. The minimum atomic E-state index is -0.886. The van der Waals surface area contributed by atoms with E-state index in [1.165, 1.54) is 0 Å². The van der Waals surface area contributed by atoms with Crippen molar-refractivity contribution < 1.29 is 19.4 Å². The first-order valence-corrected chi connectivity index (χ1v) is 7.32. The standard InChI is InChI=1S/C14H26N2O4/c1-4-11(3)16(5-2)13(19)15-10-14(12(17)18)6-8-20-9-7-14/h11H,4-10H2,1-3H3,(H,15,19)(H,17,18). The second-order valence-electron chi connectivity index (χ2n) is 5.40. The van der Waals surface area contributed by atoms with Gasteiger partial charge in [-0.1, -0.05) is 6.92 Å². The molecular weight excluding hydrogens is 260 g/mol. The second kappa shape index (κ2) is 7.47. The zero-order valence-corrected chi connectivity index (χ0v) is 12.6. The molecule has 20 heavy (non-hydrogen) atoms. The number of carbonyl (C=O) groups excluding carboxylic acids is 1. The molecule has 0 aromatic heterocycles. The average Bonchev–Trinajstić information content (AvgIpc) is 2.46. The molecule has 0 radical (unpaired) electrons. The van der Waals surface area contributed by atoms with Crippen LogP contribution in [0.4, 0.5) is 4.79 Å². The number of urea groups is 1. The maximum absolute atomic E-state index is 12.2. The van der Waals surface area contributed by atoms with E-state index in [0.29, 0.717) is 32.6 Å². The summed E-state index contributed by atoms with van der Waals surface area (Å²) in [5.74, 6) is -0.854. The summed E-state index contributed by atoms with van der Waals surface area (Å²) in [5.41, 5.74) is -0.886. The normalized spacial score (nSPS) is 19.1. The van der Waals surface area contributed by atoms with E-state index in [2.05, 4.69) is 5.32 Å². The van der Waals surface area contributed by atoms with Crippen molar-refractivity contribution in [3.63, 3.8) is 0 Å². The number of carboxylic acids is 1. The molecule has 0 aromatic carbocycles. The number of nitrogens with zero attached hydrogens (tertiary/aromatic N) is 1. The summed E-state index contributed by atoms with van der Waals surface area (Å²) in [4.78, 5) is 25.4. The Kier molecular flexibility index (Phi) is 6.26. The molecule has 0 saturated carbocycles. The molecule has 0 aromatic rings.